The standard InChI is InChI=1S/C21H17Cl2FN4O2/c1-12-17(21(23)28(27-12)16-6-4-15(24)5-7-16)8-10-20(30)26-19-11-14(22)3-9-18(19)25-13(2)29/h3-11H,1-2H3,(H,25,29)(H,26,30)/b10-8+. The van der Waals surface area contributed by atoms with E-state index in [1.54, 1.807) is 31.2 Å². The van der Waals surface area contributed by atoms with Gasteiger partial charge in [0.1, 0.15) is 11.0 Å². The number of nitrogens with zero attached hydrogens (tertiary/aromatic N) is 2. The molecule has 0 saturated carbocycles. The summed E-state index contributed by atoms with van der Waals surface area (Å²) < 4.78 is 14.6. The van der Waals surface area contributed by atoms with Crippen LogP contribution in [-0.2, 0) is 9.59 Å². The minimum absolute atomic E-state index is 0.279. The van der Waals surface area contributed by atoms with Crippen molar-refractivity contribution in [3.05, 3.63) is 75.8 Å². The molecule has 0 spiro atoms. The second-order valence-corrected chi connectivity index (χ2v) is 7.17. The van der Waals surface area contributed by atoms with Gasteiger partial charge in [-0.15, -0.1) is 0 Å². The highest BCUT2D eigenvalue weighted by atomic mass is 35.5. The fourth-order valence-electron chi connectivity index (χ4n) is 2.71. The SMILES string of the molecule is CC(=O)Nc1ccc(Cl)cc1NC(=O)/C=C/c1c(C)nn(-c2ccc(F)cc2)c1Cl. The maximum absolute atomic E-state index is 13.1. The molecular weight excluding hydrogens is 430 g/mol. The molecular formula is C21H17Cl2FN4O2. The summed E-state index contributed by atoms with van der Waals surface area (Å²) in [6, 6.07) is 10.4. The summed E-state index contributed by atoms with van der Waals surface area (Å²) >= 11 is 12.4. The summed E-state index contributed by atoms with van der Waals surface area (Å²) in [5, 5.41) is 10.3. The van der Waals surface area contributed by atoms with Crippen molar-refractivity contribution in [1.29, 1.82) is 0 Å². The van der Waals surface area contributed by atoms with E-state index in [1.165, 1.54) is 42.0 Å². The zero-order valence-electron chi connectivity index (χ0n) is 16.0. The Kier molecular flexibility index (Phi) is 6.54. The maximum Gasteiger partial charge on any atom is 0.248 e. The van der Waals surface area contributed by atoms with Gasteiger partial charge in [0.15, 0.2) is 0 Å². The molecule has 2 N–H and O–H groups in total. The Morgan fingerprint density at radius 1 is 1.07 bits per heavy atom. The van der Waals surface area contributed by atoms with Gasteiger partial charge in [0.05, 0.1) is 22.8 Å². The van der Waals surface area contributed by atoms with Crippen molar-refractivity contribution in [3.63, 3.8) is 0 Å². The topological polar surface area (TPSA) is 76.0 Å². The van der Waals surface area contributed by atoms with Gasteiger partial charge in [-0.1, -0.05) is 23.2 Å². The summed E-state index contributed by atoms with van der Waals surface area (Å²) in [6.45, 7) is 3.11. The van der Waals surface area contributed by atoms with Crippen LogP contribution in [0.3, 0.4) is 0 Å². The van der Waals surface area contributed by atoms with E-state index in [-0.39, 0.29) is 16.9 Å². The van der Waals surface area contributed by atoms with Crippen LogP contribution in [0, 0.1) is 12.7 Å². The minimum atomic E-state index is -0.450. The molecule has 3 aromatic rings. The molecule has 0 bridgehead atoms. The number of rotatable bonds is 5. The number of benzene rings is 2. The van der Waals surface area contributed by atoms with E-state index in [4.69, 9.17) is 23.2 Å². The van der Waals surface area contributed by atoms with Crippen molar-refractivity contribution in [2.75, 3.05) is 10.6 Å². The second kappa shape index (κ2) is 9.11. The molecule has 0 aliphatic rings. The molecule has 0 unspecified atom stereocenters. The van der Waals surface area contributed by atoms with E-state index in [0.29, 0.717) is 33.3 Å². The Balaban J connectivity index is 1.81. The van der Waals surface area contributed by atoms with Gasteiger partial charge in [-0.25, -0.2) is 9.07 Å². The smallest absolute Gasteiger partial charge is 0.248 e. The largest absolute Gasteiger partial charge is 0.325 e. The van der Waals surface area contributed by atoms with Gasteiger partial charge in [0, 0.05) is 23.6 Å². The molecule has 0 saturated heterocycles. The summed E-state index contributed by atoms with van der Waals surface area (Å²) in [5.41, 5.74) is 2.51. The Morgan fingerprint density at radius 2 is 1.77 bits per heavy atom. The van der Waals surface area contributed by atoms with Crippen molar-refractivity contribution >= 4 is 52.5 Å². The summed E-state index contributed by atoms with van der Waals surface area (Å²) in [4.78, 5) is 23.8. The van der Waals surface area contributed by atoms with Crippen LogP contribution in [0.25, 0.3) is 11.8 Å². The number of hydrogen-bond donors (Lipinski definition) is 2. The Bertz CT molecular complexity index is 1140. The number of hydrogen-bond acceptors (Lipinski definition) is 3. The molecule has 9 heteroatoms. The van der Waals surface area contributed by atoms with Crippen LogP contribution in [0.1, 0.15) is 18.2 Å². The first kappa shape index (κ1) is 21.5. The van der Waals surface area contributed by atoms with Gasteiger partial charge in [-0.05, 0) is 55.5 Å². The highest BCUT2D eigenvalue weighted by molar-refractivity contribution is 6.32. The van der Waals surface area contributed by atoms with Gasteiger partial charge in [-0.3, -0.25) is 9.59 Å². The zero-order valence-corrected chi connectivity index (χ0v) is 17.6. The highest BCUT2D eigenvalue weighted by Gasteiger charge is 2.13. The normalized spacial score (nSPS) is 11.0. The molecule has 0 aliphatic carbocycles. The van der Waals surface area contributed by atoms with Crippen molar-refractivity contribution in [2.45, 2.75) is 13.8 Å². The lowest BCUT2D eigenvalue weighted by Gasteiger charge is -2.10. The number of aromatic nitrogens is 2. The van der Waals surface area contributed by atoms with Crippen LogP contribution in [0.4, 0.5) is 15.8 Å². The van der Waals surface area contributed by atoms with Crippen LogP contribution in [-0.4, -0.2) is 21.6 Å². The number of halogens is 3. The van der Waals surface area contributed by atoms with E-state index >= 15 is 0 Å². The number of anilines is 2. The number of amides is 2. The number of carbonyl (C=O) groups excluding carboxylic acids is 2. The molecule has 0 radical (unpaired) electrons. The Morgan fingerprint density at radius 3 is 2.43 bits per heavy atom. The third-order valence-electron chi connectivity index (χ3n) is 4.07. The maximum atomic E-state index is 13.1. The molecule has 1 heterocycles. The summed E-state index contributed by atoms with van der Waals surface area (Å²) in [6.07, 6.45) is 2.83. The van der Waals surface area contributed by atoms with Crippen molar-refractivity contribution in [1.82, 2.24) is 9.78 Å². The molecule has 154 valence electrons. The van der Waals surface area contributed by atoms with Crippen LogP contribution in [0.15, 0.2) is 48.5 Å². The van der Waals surface area contributed by atoms with Gasteiger partial charge >= 0.3 is 0 Å². The number of aryl methyl sites for hydroxylation is 1. The van der Waals surface area contributed by atoms with Crippen molar-refractivity contribution in [2.24, 2.45) is 0 Å². The molecule has 2 aromatic carbocycles. The molecule has 2 amide bonds. The second-order valence-electron chi connectivity index (χ2n) is 6.37. The molecule has 6 nitrogen and oxygen atoms in total. The lowest BCUT2D eigenvalue weighted by Crippen LogP contribution is -2.13. The quantitative estimate of drug-likeness (QED) is 0.526. The van der Waals surface area contributed by atoms with Crippen LogP contribution >= 0.6 is 23.2 Å². The molecule has 0 fully saturated rings. The lowest BCUT2D eigenvalue weighted by molar-refractivity contribution is -0.114. The van der Waals surface area contributed by atoms with E-state index < -0.39 is 5.91 Å². The third-order valence-corrected chi connectivity index (χ3v) is 4.67. The minimum Gasteiger partial charge on any atom is -0.325 e. The molecule has 3 rings (SSSR count). The average Bonchev–Trinajstić information content (AvgIpc) is 2.96. The van der Waals surface area contributed by atoms with E-state index in [2.05, 4.69) is 15.7 Å². The van der Waals surface area contributed by atoms with Gasteiger partial charge < -0.3 is 10.6 Å². The van der Waals surface area contributed by atoms with Gasteiger partial charge in [0.25, 0.3) is 0 Å². The predicted molar refractivity (Wildman–Crippen MR) is 117 cm³/mol. The van der Waals surface area contributed by atoms with E-state index in [9.17, 15) is 14.0 Å². The van der Waals surface area contributed by atoms with Crippen LogP contribution in [0.2, 0.25) is 10.2 Å². The monoisotopic (exact) mass is 446 g/mol. The predicted octanol–water partition coefficient (Wildman–Crippen LogP) is 5.24. The lowest BCUT2D eigenvalue weighted by atomic mass is 10.2. The fraction of sp³-hybridized carbons (Fsp3) is 0.0952. The molecule has 30 heavy (non-hydrogen) atoms. The first-order chi connectivity index (χ1) is 14.2. The average molecular weight is 447 g/mol. The number of carbonyl (C=O) groups is 2. The Hall–Kier alpha value is -3.16. The van der Waals surface area contributed by atoms with Gasteiger partial charge in [-0.2, -0.15) is 5.10 Å². The van der Waals surface area contributed by atoms with Gasteiger partial charge in [0.2, 0.25) is 11.8 Å². The van der Waals surface area contributed by atoms with E-state index in [0.717, 1.165) is 0 Å². The van der Waals surface area contributed by atoms with E-state index in [1.807, 2.05) is 0 Å². The molecule has 0 atom stereocenters. The first-order valence-electron chi connectivity index (χ1n) is 8.82. The van der Waals surface area contributed by atoms with Crippen LogP contribution in [0.5, 0.6) is 0 Å². The van der Waals surface area contributed by atoms with Crippen LogP contribution < -0.4 is 10.6 Å². The Labute approximate surface area is 182 Å². The molecule has 1 aromatic heterocycles. The number of nitrogens with one attached hydrogen (secondary N) is 2. The zero-order chi connectivity index (χ0) is 21.8. The first-order valence-corrected chi connectivity index (χ1v) is 9.57. The third kappa shape index (κ3) is 5.06. The summed E-state index contributed by atoms with van der Waals surface area (Å²) in [7, 11) is 0. The fourth-order valence-corrected chi connectivity index (χ4v) is 3.21. The highest BCUT2D eigenvalue weighted by Crippen LogP contribution is 2.27. The molecule has 0 aliphatic heterocycles. The van der Waals surface area contributed by atoms with Crippen molar-refractivity contribution < 1.29 is 14.0 Å². The summed E-state index contributed by atoms with van der Waals surface area (Å²) in [5.74, 6) is -1.09. The van der Waals surface area contributed by atoms with Crippen molar-refractivity contribution in [3.8, 4) is 5.69 Å².